The topological polar surface area (TPSA) is 26.0 Å². The van der Waals surface area contributed by atoms with E-state index in [9.17, 15) is 0 Å². The minimum Gasteiger partial charge on any atom is -0.326 e. The van der Waals surface area contributed by atoms with E-state index in [0.29, 0.717) is 6.54 Å². The summed E-state index contributed by atoms with van der Waals surface area (Å²) >= 11 is 0. The van der Waals surface area contributed by atoms with Crippen LogP contribution in [0.4, 0.5) is 0 Å². The molecule has 0 saturated carbocycles. The molecule has 1 nitrogen and oxygen atoms in total. The number of allylic oxidation sites excluding steroid dienone is 1. The molecule has 1 rings (SSSR count). The first kappa shape index (κ1) is 11.2. The maximum Gasteiger partial charge on any atom is 0.0178 e. The fourth-order valence-corrected chi connectivity index (χ4v) is 0.925. The van der Waals surface area contributed by atoms with Gasteiger partial charge >= 0.3 is 0 Å². The molecule has 0 aliphatic rings. The fourth-order valence-electron chi connectivity index (χ4n) is 0.925. The Morgan fingerprint density at radius 1 is 1.33 bits per heavy atom. The van der Waals surface area contributed by atoms with Crippen LogP contribution in [-0.2, 0) is 6.54 Å². The van der Waals surface area contributed by atoms with Crippen LogP contribution in [0.25, 0.3) is 5.57 Å². The van der Waals surface area contributed by atoms with E-state index in [1.54, 1.807) is 0 Å². The Bertz CT molecular complexity index is 251. The number of benzene rings is 1. The lowest BCUT2D eigenvalue weighted by molar-refractivity contribution is 1.07. The van der Waals surface area contributed by atoms with Crippen LogP contribution in [0, 0.1) is 0 Å². The van der Waals surface area contributed by atoms with Gasteiger partial charge in [-0.25, -0.2) is 0 Å². The summed E-state index contributed by atoms with van der Waals surface area (Å²) in [7, 11) is 0. The zero-order chi connectivity index (χ0) is 8.27. The van der Waals surface area contributed by atoms with Crippen LogP contribution in [0.1, 0.15) is 18.1 Å². The van der Waals surface area contributed by atoms with Gasteiger partial charge in [-0.15, -0.1) is 12.4 Å². The Labute approximate surface area is 79.7 Å². The SMILES string of the molecule is C=C(C)c1ccc(CN)cc1.Cl. The summed E-state index contributed by atoms with van der Waals surface area (Å²) in [5.74, 6) is 0. The van der Waals surface area contributed by atoms with E-state index in [-0.39, 0.29) is 12.4 Å². The van der Waals surface area contributed by atoms with Crippen molar-refractivity contribution in [1.82, 2.24) is 0 Å². The summed E-state index contributed by atoms with van der Waals surface area (Å²) in [6, 6.07) is 8.16. The predicted molar refractivity (Wildman–Crippen MR) is 56.3 cm³/mol. The Morgan fingerprint density at radius 3 is 2.17 bits per heavy atom. The second-order valence-corrected chi connectivity index (χ2v) is 2.68. The molecule has 0 spiro atoms. The molecular formula is C10H14ClN. The van der Waals surface area contributed by atoms with Crippen LogP contribution in [0.5, 0.6) is 0 Å². The Hall–Kier alpha value is -0.790. The van der Waals surface area contributed by atoms with Crippen molar-refractivity contribution >= 4 is 18.0 Å². The zero-order valence-electron chi connectivity index (χ0n) is 7.21. The van der Waals surface area contributed by atoms with E-state index in [2.05, 4.69) is 6.58 Å². The quantitative estimate of drug-likeness (QED) is 0.750. The first-order valence-corrected chi connectivity index (χ1v) is 3.69. The number of rotatable bonds is 2. The smallest absolute Gasteiger partial charge is 0.0178 e. The van der Waals surface area contributed by atoms with Gasteiger partial charge in [0.25, 0.3) is 0 Å². The predicted octanol–water partition coefficient (Wildman–Crippen LogP) is 2.60. The van der Waals surface area contributed by atoms with E-state index in [0.717, 1.165) is 11.1 Å². The van der Waals surface area contributed by atoms with E-state index < -0.39 is 0 Å². The van der Waals surface area contributed by atoms with E-state index in [4.69, 9.17) is 5.73 Å². The van der Waals surface area contributed by atoms with E-state index >= 15 is 0 Å². The van der Waals surface area contributed by atoms with Gasteiger partial charge in [0.05, 0.1) is 0 Å². The first-order valence-electron chi connectivity index (χ1n) is 3.69. The lowest BCUT2D eigenvalue weighted by Gasteiger charge is -2.00. The minimum absolute atomic E-state index is 0. The van der Waals surface area contributed by atoms with Crippen LogP contribution in [0.3, 0.4) is 0 Å². The Morgan fingerprint density at radius 2 is 1.83 bits per heavy atom. The number of hydrogen-bond acceptors (Lipinski definition) is 1. The summed E-state index contributed by atoms with van der Waals surface area (Å²) in [5, 5.41) is 0. The number of nitrogens with two attached hydrogens (primary N) is 1. The van der Waals surface area contributed by atoms with Crippen LogP contribution >= 0.6 is 12.4 Å². The van der Waals surface area contributed by atoms with Gasteiger partial charge in [-0.05, 0) is 18.1 Å². The third kappa shape index (κ3) is 2.68. The first-order chi connectivity index (χ1) is 5.24. The van der Waals surface area contributed by atoms with Crippen LogP contribution in [0.2, 0.25) is 0 Å². The highest BCUT2D eigenvalue weighted by atomic mass is 35.5. The molecule has 0 aromatic heterocycles. The number of hydrogen-bond donors (Lipinski definition) is 1. The molecule has 1 aromatic rings. The molecule has 0 amide bonds. The van der Waals surface area contributed by atoms with Gasteiger partial charge in [-0.2, -0.15) is 0 Å². The summed E-state index contributed by atoms with van der Waals surface area (Å²) < 4.78 is 0. The molecule has 0 saturated heterocycles. The average molecular weight is 184 g/mol. The lowest BCUT2D eigenvalue weighted by Crippen LogP contribution is -1.95. The van der Waals surface area contributed by atoms with Crippen LogP contribution in [0.15, 0.2) is 30.8 Å². The third-order valence-electron chi connectivity index (χ3n) is 1.68. The second-order valence-electron chi connectivity index (χ2n) is 2.68. The minimum atomic E-state index is 0. The third-order valence-corrected chi connectivity index (χ3v) is 1.68. The maximum atomic E-state index is 5.45. The van der Waals surface area contributed by atoms with Crippen molar-refractivity contribution in [1.29, 1.82) is 0 Å². The Kier molecular flexibility index (Phi) is 4.64. The fraction of sp³-hybridized carbons (Fsp3) is 0.200. The summed E-state index contributed by atoms with van der Waals surface area (Å²) in [5.41, 5.74) is 8.89. The molecule has 66 valence electrons. The van der Waals surface area contributed by atoms with E-state index in [1.807, 2.05) is 31.2 Å². The molecule has 0 aliphatic heterocycles. The molecule has 0 bridgehead atoms. The summed E-state index contributed by atoms with van der Waals surface area (Å²) in [6.45, 7) is 6.45. The van der Waals surface area contributed by atoms with Crippen molar-refractivity contribution in [2.75, 3.05) is 0 Å². The summed E-state index contributed by atoms with van der Waals surface area (Å²) in [6.07, 6.45) is 0. The Balaban J connectivity index is 0.00000121. The lowest BCUT2D eigenvalue weighted by atomic mass is 10.1. The van der Waals surface area contributed by atoms with Gasteiger partial charge in [-0.3, -0.25) is 0 Å². The highest BCUT2D eigenvalue weighted by Crippen LogP contribution is 2.11. The van der Waals surface area contributed by atoms with Gasteiger partial charge in [0.15, 0.2) is 0 Å². The molecule has 0 heterocycles. The van der Waals surface area contributed by atoms with Gasteiger partial charge < -0.3 is 5.73 Å². The van der Waals surface area contributed by atoms with Crippen molar-refractivity contribution in [2.24, 2.45) is 5.73 Å². The van der Waals surface area contributed by atoms with Crippen molar-refractivity contribution in [3.63, 3.8) is 0 Å². The molecule has 0 aliphatic carbocycles. The van der Waals surface area contributed by atoms with Gasteiger partial charge in [0.1, 0.15) is 0 Å². The van der Waals surface area contributed by atoms with Crippen molar-refractivity contribution in [2.45, 2.75) is 13.5 Å². The molecule has 0 unspecified atom stereocenters. The highest BCUT2D eigenvalue weighted by molar-refractivity contribution is 5.85. The second kappa shape index (κ2) is 4.96. The normalized spacial score (nSPS) is 8.83. The van der Waals surface area contributed by atoms with Crippen molar-refractivity contribution in [3.05, 3.63) is 42.0 Å². The van der Waals surface area contributed by atoms with Gasteiger partial charge in [0, 0.05) is 6.54 Å². The van der Waals surface area contributed by atoms with Crippen molar-refractivity contribution < 1.29 is 0 Å². The monoisotopic (exact) mass is 183 g/mol. The van der Waals surface area contributed by atoms with Gasteiger partial charge in [0.2, 0.25) is 0 Å². The molecule has 1 aromatic carbocycles. The molecule has 0 fully saturated rings. The number of halogens is 1. The van der Waals surface area contributed by atoms with E-state index in [1.165, 1.54) is 5.56 Å². The largest absolute Gasteiger partial charge is 0.326 e. The average Bonchev–Trinajstić information content (AvgIpc) is 2.05. The molecule has 2 heteroatoms. The highest BCUT2D eigenvalue weighted by Gasteiger charge is 1.91. The standard InChI is InChI=1S/C10H13N.ClH/c1-8(2)10-5-3-9(7-11)4-6-10;/h3-6H,1,7,11H2,2H3;1H. The van der Waals surface area contributed by atoms with Crippen LogP contribution < -0.4 is 5.73 Å². The molecular weight excluding hydrogens is 170 g/mol. The molecule has 12 heavy (non-hydrogen) atoms. The molecule has 0 radical (unpaired) electrons. The molecule has 2 N–H and O–H groups in total. The maximum absolute atomic E-state index is 5.45. The van der Waals surface area contributed by atoms with Gasteiger partial charge in [-0.1, -0.05) is 36.4 Å². The van der Waals surface area contributed by atoms with Crippen LogP contribution in [-0.4, -0.2) is 0 Å². The summed E-state index contributed by atoms with van der Waals surface area (Å²) in [4.78, 5) is 0. The van der Waals surface area contributed by atoms with Crippen molar-refractivity contribution in [3.8, 4) is 0 Å². The molecule has 0 atom stereocenters. The zero-order valence-corrected chi connectivity index (χ0v) is 8.03.